The van der Waals surface area contributed by atoms with Gasteiger partial charge >= 0.3 is 6.36 Å². The molecule has 5 rings (SSSR count). The Bertz CT molecular complexity index is 1500. The van der Waals surface area contributed by atoms with E-state index in [0.717, 1.165) is 33.4 Å². The second-order valence-electron chi connectivity index (χ2n) is 8.27. The number of ether oxygens (including phenoxy) is 1. The van der Waals surface area contributed by atoms with Gasteiger partial charge in [-0.25, -0.2) is 4.98 Å². The third-order valence-corrected chi connectivity index (χ3v) is 5.89. The number of nitrogens with one attached hydrogen (secondary N) is 4. The van der Waals surface area contributed by atoms with E-state index in [1.165, 1.54) is 17.7 Å². The van der Waals surface area contributed by atoms with Gasteiger partial charge in [0.05, 0.1) is 0 Å². The minimum absolute atomic E-state index is 0.246. The van der Waals surface area contributed by atoms with E-state index < -0.39 is 6.36 Å². The van der Waals surface area contributed by atoms with Gasteiger partial charge in [0.15, 0.2) is 0 Å². The second kappa shape index (κ2) is 8.86. The van der Waals surface area contributed by atoms with E-state index in [1.54, 1.807) is 24.5 Å². The molecule has 0 unspecified atom stereocenters. The first-order chi connectivity index (χ1) is 16.7. The molecule has 0 radical (unpaired) electrons. The fourth-order valence-electron chi connectivity index (χ4n) is 4.07. The molecule has 0 amide bonds. The Morgan fingerprint density at radius 3 is 2.66 bits per heavy atom. The number of rotatable bonds is 7. The minimum atomic E-state index is -4.73. The van der Waals surface area contributed by atoms with Gasteiger partial charge in [-0.05, 0) is 73.9 Å². The molecule has 3 aromatic heterocycles. The quantitative estimate of drug-likeness (QED) is 0.218. The van der Waals surface area contributed by atoms with Crippen LogP contribution in [0.1, 0.15) is 16.8 Å². The van der Waals surface area contributed by atoms with Crippen molar-refractivity contribution in [3.05, 3.63) is 71.7 Å². The Labute approximate surface area is 198 Å². The van der Waals surface area contributed by atoms with Gasteiger partial charge in [-0.3, -0.25) is 0 Å². The molecule has 0 bridgehead atoms. The van der Waals surface area contributed by atoms with Crippen LogP contribution in [0.4, 0.5) is 30.6 Å². The highest BCUT2D eigenvalue weighted by Crippen LogP contribution is 2.29. The molecule has 0 fully saturated rings. The van der Waals surface area contributed by atoms with Crippen molar-refractivity contribution in [3.8, 4) is 5.75 Å². The van der Waals surface area contributed by atoms with Crippen LogP contribution in [0.25, 0.3) is 21.8 Å². The lowest BCUT2D eigenvalue weighted by Crippen LogP contribution is -2.17. The second-order valence-corrected chi connectivity index (χ2v) is 8.27. The van der Waals surface area contributed by atoms with Gasteiger partial charge in [-0.1, -0.05) is 0 Å². The largest absolute Gasteiger partial charge is 0.573 e. The predicted molar refractivity (Wildman–Crippen MR) is 130 cm³/mol. The summed E-state index contributed by atoms with van der Waals surface area (Å²) < 4.78 is 41.7. The van der Waals surface area contributed by atoms with E-state index in [0.29, 0.717) is 30.1 Å². The third kappa shape index (κ3) is 5.01. The SMILES string of the molecule is Cc1[nH]c2ccc(Nc3ccnc(NCCc4c[nH]c5ccc(OC(F)(F)F)cc45)n3)cc2c1C. The molecule has 0 saturated carbocycles. The fourth-order valence-corrected chi connectivity index (χ4v) is 4.07. The average Bonchev–Trinajstić information content (AvgIpc) is 3.33. The summed E-state index contributed by atoms with van der Waals surface area (Å²) in [7, 11) is 0. The molecule has 35 heavy (non-hydrogen) atoms. The van der Waals surface area contributed by atoms with Crippen LogP contribution in [0.5, 0.6) is 5.75 Å². The average molecular weight is 480 g/mol. The van der Waals surface area contributed by atoms with E-state index in [1.807, 2.05) is 12.1 Å². The number of alkyl halides is 3. The van der Waals surface area contributed by atoms with Crippen molar-refractivity contribution in [3.63, 3.8) is 0 Å². The standard InChI is InChI=1S/C25H23F3N6O/c1-14-15(2)32-22-5-3-17(11-19(14)22)33-23-8-10-30-24(34-23)29-9-7-16-13-31-21-6-4-18(12-20(16)21)35-25(26,27)28/h3-6,8,10-13,31-32H,7,9H2,1-2H3,(H2,29,30,33,34). The number of hydrogen-bond acceptors (Lipinski definition) is 5. The van der Waals surface area contributed by atoms with E-state index in [2.05, 4.69) is 55.2 Å². The van der Waals surface area contributed by atoms with Crippen molar-refractivity contribution in [2.75, 3.05) is 17.2 Å². The van der Waals surface area contributed by atoms with Crippen LogP contribution in [-0.4, -0.2) is 32.8 Å². The lowest BCUT2D eigenvalue weighted by molar-refractivity contribution is -0.274. The predicted octanol–water partition coefficient (Wildman–Crippen LogP) is 6.35. The Morgan fingerprint density at radius 1 is 1.00 bits per heavy atom. The summed E-state index contributed by atoms with van der Waals surface area (Å²) in [6.07, 6.45) is -0.732. The Balaban J connectivity index is 1.25. The van der Waals surface area contributed by atoms with Crippen LogP contribution in [-0.2, 0) is 6.42 Å². The molecule has 10 heteroatoms. The zero-order valence-corrected chi connectivity index (χ0v) is 19.0. The van der Waals surface area contributed by atoms with Crippen LogP contribution in [0.15, 0.2) is 54.9 Å². The number of nitrogens with zero attached hydrogens (tertiary/aromatic N) is 2. The van der Waals surface area contributed by atoms with Crippen LogP contribution >= 0.6 is 0 Å². The monoisotopic (exact) mass is 480 g/mol. The smallest absolute Gasteiger partial charge is 0.406 e. The van der Waals surface area contributed by atoms with Crippen molar-refractivity contribution in [2.24, 2.45) is 0 Å². The van der Waals surface area contributed by atoms with E-state index >= 15 is 0 Å². The van der Waals surface area contributed by atoms with Gasteiger partial charge in [-0.2, -0.15) is 4.98 Å². The molecule has 5 aromatic rings. The van der Waals surface area contributed by atoms with Gasteiger partial charge < -0.3 is 25.3 Å². The molecule has 4 N–H and O–H groups in total. The zero-order chi connectivity index (χ0) is 24.6. The molecule has 0 spiro atoms. The number of halogens is 3. The first-order valence-corrected chi connectivity index (χ1v) is 11.0. The Morgan fingerprint density at radius 2 is 1.83 bits per heavy atom. The van der Waals surface area contributed by atoms with Gasteiger partial charge in [0, 0.05) is 52.1 Å². The normalized spacial score (nSPS) is 11.8. The van der Waals surface area contributed by atoms with Crippen LogP contribution < -0.4 is 15.4 Å². The number of aryl methyl sites for hydroxylation is 2. The number of benzene rings is 2. The maximum atomic E-state index is 12.6. The molecule has 0 aliphatic rings. The lowest BCUT2D eigenvalue weighted by Gasteiger charge is -2.10. The van der Waals surface area contributed by atoms with Crippen molar-refractivity contribution >= 4 is 39.3 Å². The molecule has 0 aliphatic heterocycles. The summed E-state index contributed by atoms with van der Waals surface area (Å²) in [5.41, 5.74) is 5.96. The number of aromatic nitrogens is 4. The summed E-state index contributed by atoms with van der Waals surface area (Å²) in [5.74, 6) is 0.850. The topological polar surface area (TPSA) is 90.7 Å². The Kier molecular flexibility index (Phi) is 5.72. The summed E-state index contributed by atoms with van der Waals surface area (Å²) in [6.45, 7) is 4.63. The first kappa shape index (κ1) is 22.6. The molecule has 2 aromatic carbocycles. The highest BCUT2D eigenvalue weighted by Gasteiger charge is 2.31. The van der Waals surface area contributed by atoms with Gasteiger partial charge in [0.1, 0.15) is 11.6 Å². The van der Waals surface area contributed by atoms with Crippen molar-refractivity contribution in [1.82, 2.24) is 19.9 Å². The summed E-state index contributed by atoms with van der Waals surface area (Å²) in [4.78, 5) is 15.2. The van der Waals surface area contributed by atoms with E-state index in [4.69, 9.17) is 0 Å². The molecule has 0 aliphatic carbocycles. The molecule has 3 heterocycles. The van der Waals surface area contributed by atoms with Gasteiger partial charge in [0.25, 0.3) is 0 Å². The Hall–Kier alpha value is -4.21. The maximum Gasteiger partial charge on any atom is 0.573 e. The number of hydrogen-bond donors (Lipinski definition) is 4. The van der Waals surface area contributed by atoms with Gasteiger partial charge in [-0.15, -0.1) is 13.2 Å². The highest BCUT2D eigenvalue weighted by molar-refractivity contribution is 5.88. The maximum absolute atomic E-state index is 12.6. The van der Waals surface area contributed by atoms with Crippen molar-refractivity contribution in [2.45, 2.75) is 26.6 Å². The molecular weight excluding hydrogens is 457 g/mol. The molecule has 7 nitrogen and oxygen atoms in total. The highest BCUT2D eigenvalue weighted by atomic mass is 19.4. The number of anilines is 3. The molecule has 0 atom stereocenters. The summed E-state index contributed by atoms with van der Waals surface area (Å²) >= 11 is 0. The van der Waals surface area contributed by atoms with Gasteiger partial charge in [0.2, 0.25) is 5.95 Å². The molecule has 0 saturated heterocycles. The zero-order valence-electron chi connectivity index (χ0n) is 19.0. The van der Waals surface area contributed by atoms with Crippen LogP contribution in [0.2, 0.25) is 0 Å². The van der Waals surface area contributed by atoms with E-state index in [-0.39, 0.29) is 5.75 Å². The molecule has 180 valence electrons. The van der Waals surface area contributed by atoms with E-state index in [9.17, 15) is 13.2 Å². The fraction of sp³-hybridized carbons (Fsp3) is 0.200. The third-order valence-electron chi connectivity index (χ3n) is 5.89. The first-order valence-electron chi connectivity index (χ1n) is 11.0. The number of aromatic amines is 2. The number of fused-ring (bicyclic) bond motifs is 2. The van der Waals surface area contributed by atoms with Crippen molar-refractivity contribution in [1.29, 1.82) is 0 Å². The minimum Gasteiger partial charge on any atom is -0.406 e. The molecular formula is C25H23F3N6O. The van der Waals surface area contributed by atoms with Crippen LogP contribution in [0.3, 0.4) is 0 Å². The lowest BCUT2D eigenvalue weighted by atomic mass is 10.1. The summed E-state index contributed by atoms with van der Waals surface area (Å²) in [6, 6.07) is 12.1. The summed E-state index contributed by atoms with van der Waals surface area (Å²) in [5, 5.41) is 8.32. The number of H-pyrrole nitrogens is 2. The van der Waals surface area contributed by atoms with Crippen molar-refractivity contribution < 1.29 is 17.9 Å². The van der Waals surface area contributed by atoms with Crippen LogP contribution in [0, 0.1) is 13.8 Å².